The van der Waals surface area contributed by atoms with Crippen molar-refractivity contribution in [2.75, 3.05) is 20.3 Å². The van der Waals surface area contributed by atoms with Gasteiger partial charge in [-0.3, -0.25) is 4.90 Å². The molecule has 6 nitrogen and oxygen atoms in total. The van der Waals surface area contributed by atoms with Crippen molar-refractivity contribution in [2.24, 2.45) is 0 Å². The van der Waals surface area contributed by atoms with Gasteiger partial charge in [0.25, 0.3) is 0 Å². The first-order chi connectivity index (χ1) is 9.56. The van der Waals surface area contributed by atoms with Gasteiger partial charge in [-0.25, -0.2) is 0 Å². The fourth-order valence-electron chi connectivity index (χ4n) is 2.26. The Hall–Kier alpha value is -1.30. The highest BCUT2D eigenvalue weighted by atomic mass is 16.9. The van der Waals surface area contributed by atoms with Gasteiger partial charge in [0.2, 0.25) is 0 Å². The summed E-state index contributed by atoms with van der Waals surface area (Å²) in [7, 11) is 2.21. The molecule has 1 atom stereocenters. The summed E-state index contributed by atoms with van der Waals surface area (Å²) in [6, 6.07) is 0. The van der Waals surface area contributed by atoms with Crippen molar-refractivity contribution in [1.82, 2.24) is 4.90 Å². The summed E-state index contributed by atoms with van der Waals surface area (Å²) < 4.78 is 0. The molecule has 1 heterocycles. The van der Waals surface area contributed by atoms with E-state index in [9.17, 15) is 0 Å². The number of nitrogens with zero attached hydrogens (tertiary/aromatic N) is 2. The normalized spacial score (nSPS) is 16.9. The first-order valence-electron chi connectivity index (χ1n) is 7.62. The molecule has 0 saturated heterocycles. The van der Waals surface area contributed by atoms with Crippen LogP contribution in [-0.2, 0) is 0 Å². The highest BCUT2D eigenvalue weighted by Gasteiger charge is 2.11. The summed E-state index contributed by atoms with van der Waals surface area (Å²) in [6.07, 6.45) is 15.8. The summed E-state index contributed by atoms with van der Waals surface area (Å²) in [6.45, 7) is 4.70. The fourth-order valence-corrected chi connectivity index (χ4v) is 2.26. The Labute approximate surface area is 122 Å². The van der Waals surface area contributed by atoms with Gasteiger partial charge in [0.1, 0.15) is 6.20 Å². The molecule has 20 heavy (non-hydrogen) atoms. The Morgan fingerprint density at radius 2 is 1.60 bits per heavy atom. The van der Waals surface area contributed by atoms with E-state index in [1.165, 1.54) is 62.8 Å². The maximum Gasteiger partial charge on any atom is 0.156 e. The molecule has 0 bridgehead atoms. The zero-order valence-electron chi connectivity index (χ0n) is 12.8. The van der Waals surface area contributed by atoms with Crippen LogP contribution in [0.25, 0.3) is 0 Å². The second kappa shape index (κ2) is 12.7. The van der Waals surface area contributed by atoms with Gasteiger partial charge in [0.15, 0.2) is 6.67 Å². The van der Waals surface area contributed by atoms with Crippen LogP contribution in [0.1, 0.15) is 58.3 Å². The highest BCUT2D eigenvalue weighted by molar-refractivity contribution is 4.77. The fraction of sp³-hybridized carbons (Fsp3) is 0.857. The van der Waals surface area contributed by atoms with Crippen LogP contribution in [0.4, 0.5) is 0 Å². The predicted molar refractivity (Wildman–Crippen MR) is 80.6 cm³/mol. The summed E-state index contributed by atoms with van der Waals surface area (Å²) >= 11 is 0. The smallest absolute Gasteiger partial charge is 0.156 e. The molecule has 0 aliphatic carbocycles. The van der Waals surface area contributed by atoms with E-state index in [1.54, 1.807) is 0 Å². The second-order valence-corrected chi connectivity index (χ2v) is 5.33. The molecular weight excluding hydrogens is 258 g/mol. The lowest BCUT2D eigenvalue weighted by atomic mass is 10.1. The third-order valence-electron chi connectivity index (χ3n) is 3.32. The van der Waals surface area contributed by atoms with Gasteiger partial charge in [-0.05, 0) is 6.42 Å². The van der Waals surface area contributed by atoms with Gasteiger partial charge in [-0.2, -0.15) is 0 Å². The molecule has 0 spiro atoms. The second-order valence-electron chi connectivity index (χ2n) is 5.33. The molecule has 118 valence electrons. The lowest BCUT2D eigenvalue weighted by Gasteiger charge is -2.14. The van der Waals surface area contributed by atoms with Gasteiger partial charge >= 0.3 is 0 Å². The number of hydrogen-bond acceptors (Lipinski definition) is 4. The lowest BCUT2D eigenvalue weighted by Crippen LogP contribution is -3.03. The molecule has 1 unspecified atom stereocenters. The Bertz CT molecular complexity index is 268. The third kappa shape index (κ3) is 13.1. The van der Waals surface area contributed by atoms with Gasteiger partial charge in [-0.15, -0.1) is 0 Å². The van der Waals surface area contributed by atoms with Crippen molar-refractivity contribution in [1.29, 1.82) is 0 Å². The number of unbranched alkanes of at least 4 members (excludes halogenated alkanes) is 7. The quantitative estimate of drug-likeness (QED) is 0.400. The zero-order chi connectivity index (χ0) is 15.2. The van der Waals surface area contributed by atoms with Crippen LogP contribution >= 0.6 is 0 Å². The van der Waals surface area contributed by atoms with Crippen LogP contribution in [0.3, 0.4) is 0 Å². The topological polar surface area (TPSA) is 73.9 Å². The van der Waals surface area contributed by atoms with E-state index in [4.69, 9.17) is 15.3 Å². The zero-order valence-corrected chi connectivity index (χ0v) is 12.8. The average molecular weight is 287 g/mol. The van der Waals surface area contributed by atoms with Crippen molar-refractivity contribution in [3.8, 4) is 0 Å². The maximum absolute atomic E-state index is 8.25. The SMILES string of the molecule is CCCCCCCCCCN1C=C[NH+](C)C1.O=[N+]([O-])[O-]. The molecule has 0 aromatic heterocycles. The Kier molecular flexibility index (Phi) is 11.9. The molecule has 1 rings (SSSR count). The summed E-state index contributed by atoms with van der Waals surface area (Å²) in [5, 5.41) is 14.8. The molecule has 0 amide bonds. The van der Waals surface area contributed by atoms with Gasteiger partial charge in [0, 0.05) is 6.54 Å². The van der Waals surface area contributed by atoms with Crippen LogP contribution in [0.5, 0.6) is 0 Å². The molecule has 1 aliphatic rings. The molecule has 0 fully saturated rings. The summed E-state index contributed by atoms with van der Waals surface area (Å²) in [5.41, 5.74) is 0. The Balaban J connectivity index is 0.000000796. The van der Waals surface area contributed by atoms with E-state index >= 15 is 0 Å². The van der Waals surface area contributed by atoms with Crippen LogP contribution in [0.2, 0.25) is 0 Å². The molecule has 1 N–H and O–H groups in total. The summed E-state index contributed by atoms with van der Waals surface area (Å²) in [4.78, 5) is 12.2. The first-order valence-corrected chi connectivity index (χ1v) is 7.62. The standard InChI is InChI=1S/C14H28N2.NO3/c1-3-4-5-6-7-8-9-10-11-16-13-12-15(2)14-16;2-1(3)4/h12-13H,3-11,14H2,1-2H3;/q;-1/p+1. The van der Waals surface area contributed by atoms with E-state index < -0.39 is 5.09 Å². The van der Waals surface area contributed by atoms with Gasteiger partial charge in [0.05, 0.1) is 18.3 Å². The minimum absolute atomic E-state index is 1.16. The van der Waals surface area contributed by atoms with E-state index in [2.05, 4.69) is 31.3 Å². The molecule has 0 radical (unpaired) electrons. The minimum atomic E-state index is -1.75. The predicted octanol–water partition coefficient (Wildman–Crippen LogP) is 2.15. The van der Waals surface area contributed by atoms with Crippen molar-refractivity contribution in [3.05, 3.63) is 27.7 Å². The van der Waals surface area contributed by atoms with Crippen molar-refractivity contribution >= 4 is 0 Å². The Morgan fingerprint density at radius 3 is 2.05 bits per heavy atom. The molecule has 1 aliphatic heterocycles. The van der Waals surface area contributed by atoms with E-state index in [1.807, 2.05) is 0 Å². The number of rotatable bonds is 9. The van der Waals surface area contributed by atoms with Crippen LogP contribution in [0, 0.1) is 15.3 Å². The van der Waals surface area contributed by atoms with E-state index in [-0.39, 0.29) is 0 Å². The van der Waals surface area contributed by atoms with Gasteiger partial charge in [-0.1, -0.05) is 51.9 Å². The molecule has 0 aromatic carbocycles. The third-order valence-corrected chi connectivity index (χ3v) is 3.32. The largest absolute Gasteiger partial charge is 0.356 e. The average Bonchev–Trinajstić information content (AvgIpc) is 2.78. The monoisotopic (exact) mass is 287 g/mol. The molecule has 0 saturated carbocycles. The van der Waals surface area contributed by atoms with Crippen molar-refractivity contribution in [2.45, 2.75) is 58.3 Å². The number of hydrogen-bond donors (Lipinski definition) is 1. The number of quaternary nitrogens is 1. The van der Waals surface area contributed by atoms with Crippen LogP contribution in [0.15, 0.2) is 12.4 Å². The Morgan fingerprint density at radius 1 is 1.10 bits per heavy atom. The lowest BCUT2D eigenvalue weighted by molar-refractivity contribution is -0.826. The molecule has 6 heteroatoms. The van der Waals surface area contributed by atoms with Crippen LogP contribution < -0.4 is 4.90 Å². The highest BCUT2D eigenvalue weighted by Crippen LogP contribution is 2.08. The van der Waals surface area contributed by atoms with Gasteiger partial charge < -0.3 is 20.2 Å². The minimum Gasteiger partial charge on any atom is -0.356 e. The number of nitrogens with one attached hydrogen (secondary N) is 1. The van der Waals surface area contributed by atoms with E-state index in [0.717, 1.165) is 6.67 Å². The van der Waals surface area contributed by atoms with Crippen molar-refractivity contribution in [3.63, 3.8) is 0 Å². The van der Waals surface area contributed by atoms with E-state index in [0.29, 0.717) is 0 Å². The first kappa shape index (κ1) is 18.7. The van der Waals surface area contributed by atoms with Crippen LogP contribution in [-0.4, -0.2) is 30.2 Å². The molecule has 0 aromatic rings. The van der Waals surface area contributed by atoms with Crippen molar-refractivity contribution < 1.29 is 9.99 Å². The molecular formula is C14H29N3O3. The summed E-state index contributed by atoms with van der Waals surface area (Å²) in [5.74, 6) is 0. The maximum atomic E-state index is 8.25.